The van der Waals surface area contributed by atoms with Gasteiger partial charge in [-0.25, -0.2) is 4.98 Å². The van der Waals surface area contributed by atoms with Gasteiger partial charge in [-0.1, -0.05) is 27.7 Å². The molecule has 0 fully saturated rings. The molecule has 1 heterocycles. The number of thiazole rings is 1. The van der Waals surface area contributed by atoms with Crippen LogP contribution in [-0.2, 0) is 4.79 Å². The molecule has 3 N–H and O–H groups in total. The summed E-state index contributed by atoms with van der Waals surface area (Å²) in [5.41, 5.74) is 6.72. The lowest BCUT2D eigenvalue weighted by Crippen LogP contribution is -2.20. The lowest BCUT2D eigenvalue weighted by Gasteiger charge is -2.23. The van der Waals surface area contributed by atoms with Crippen LogP contribution in [0.2, 0.25) is 0 Å². The number of carbonyl (C=O) groups is 1. The van der Waals surface area contributed by atoms with Crippen LogP contribution < -0.4 is 11.1 Å². The first-order valence-corrected chi connectivity index (χ1v) is 7.67. The van der Waals surface area contributed by atoms with Gasteiger partial charge in [0.15, 0.2) is 5.13 Å². The Morgan fingerprint density at radius 2 is 2.16 bits per heavy atom. The molecule has 0 saturated carbocycles. The lowest BCUT2D eigenvalue weighted by atomic mass is 9.84. The van der Waals surface area contributed by atoms with Crippen LogP contribution in [0.4, 0.5) is 5.13 Å². The predicted molar refractivity (Wildman–Crippen MR) is 81.5 cm³/mol. The number of rotatable bonds is 7. The summed E-state index contributed by atoms with van der Waals surface area (Å²) in [6, 6.07) is 0. The summed E-state index contributed by atoms with van der Waals surface area (Å²) in [4.78, 5) is 16.3. The van der Waals surface area contributed by atoms with E-state index in [0.717, 1.165) is 18.5 Å². The Balaban J connectivity index is 2.42. The number of nitrogens with zero attached hydrogens (tertiary/aromatic N) is 1. The van der Waals surface area contributed by atoms with E-state index in [1.807, 2.05) is 5.38 Å². The van der Waals surface area contributed by atoms with E-state index in [9.17, 15) is 4.79 Å². The zero-order chi connectivity index (χ0) is 14.5. The fraction of sp³-hybridized carbons (Fsp3) is 0.714. The molecule has 19 heavy (non-hydrogen) atoms. The van der Waals surface area contributed by atoms with Gasteiger partial charge in [0.25, 0.3) is 0 Å². The molecule has 1 rings (SSSR count). The molecular formula is C14H25N3OS. The van der Waals surface area contributed by atoms with Crippen molar-refractivity contribution in [3.8, 4) is 0 Å². The molecule has 0 unspecified atom stereocenters. The number of amides is 1. The first kappa shape index (κ1) is 16.1. The minimum Gasteiger partial charge on any atom is -0.330 e. The van der Waals surface area contributed by atoms with Gasteiger partial charge in [-0.3, -0.25) is 4.79 Å². The Hall–Kier alpha value is -0.940. The van der Waals surface area contributed by atoms with E-state index in [0.29, 0.717) is 24.0 Å². The molecule has 4 nitrogen and oxygen atoms in total. The Morgan fingerprint density at radius 3 is 2.68 bits per heavy atom. The summed E-state index contributed by atoms with van der Waals surface area (Å²) in [7, 11) is 0. The third-order valence-corrected chi connectivity index (χ3v) is 3.99. The summed E-state index contributed by atoms with van der Waals surface area (Å²) in [6.07, 6.45) is 2.30. The summed E-state index contributed by atoms with van der Waals surface area (Å²) >= 11 is 1.49. The van der Waals surface area contributed by atoms with Gasteiger partial charge < -0.3 is 11.1 Å². The van der Waals surface area contributed by atoms with E-state index in [4.69, 9.17) is 5.73 Å². The lowest BCUT2D eigenvalue weighted by molar-refractivity contribution is -0.116. The number of nitrogens with two attached hydrogens (primary N) is 1. The second kappa shape index (κ2) is 7.01. The van der Waals surface area contributed by atoms with Crippen LogP contribution in [0.1, 0.15) is 58.6 Å². The first-order valence-electron chi connectivity index (χ1n) is 6.79. The SMILES string of the molecule is CC(C)c1csc(NC(=O)CCC(C)(C)CCN)n1. The van der Waals surface area contributed by atoms with Crippen LogP contribution in [0.3, 0.4) is 0 Å². The van der Waals surface area contributed by atoms with E-state index in [2.05, 4.69) is 38.0 Å². The van der Waals surface area contributed by atoms with E-state index in [1.165, 1.54) is 11.3 Å². The van der Waals surface area contributed by atoms with Gasteiger partial charge in [-0.05, 0) is 30.7 Å². The second-order valence-corrected chi connectivity index (χ2v) is 6.84. The number of anilines is 1. The molecule has 0 aliphatic carbocycles. The highest BCUT2D eigenvalue weighted by atomic mass is 32.1. The van der Waals surface area contributed by atoms with Gasteiger partial charge in [0.1, 0.15) is 0 Å². The van der Waals surface area contributed by atoms with Crippen molar-refractivity contribution >= 4 is 22.4 Å². The minimum atomic E-state index is 0.0368. The number of hydrogen-bond donors (Lipinski definition) is 2. The molecule has 5 heteroatoms. The van der Waals surface area contributed by atoms with Crippen molar-refractivity contribution < 1.29 is 4.79 Å². The molecule has 0 spiro atoms. The predicted octanol–water partition coefficient (Wildman–Crippen LogP) is 3.36. The van der Waals surface area contributed by atoms with Crippen molar-refractivity contribution in [3.63, 3.8) is 0 Å². The van der Waals surface area contributed by atoms with E-state index in [1.54, 1.807) is 0 Å². The van der Waals surface area contributed by atoms with Gasteiger partial charge in [0.2, 0.25) is 5.91 Å². The van der Waals surface area contributed by atoms with Gasteiger partial charge in [0.05, 0.1) is 5.69 Å². The average Bonchev–Trinajstić information content (AvgIpc) is 2.75. The maximum Gasteiger partial charge on any atom is 0.226 e. The molecule has 1 amide bonds. The molecule has 0 bridgehead atoms. The van der Waals surface area contributed by atoms with Gasteiger partial charge >= 0.3 is 0 Å². The second-order valence-electron chi connectivity index (χ2n) is 5.98. The Labute approximate surface area is 119 Å². The fourth-order valence-electron chi connectivity index (χ4n) is 1.76. The molecule has 0 saturated heterocycles. The maximum atomic E-state index is 11.9. The number of aromatic nitrogens is 1. The molecular weight excluding hydrogens is 258 g/mol. The van der Waals surface area contributed by atoms with Crippen LogP contribution in [0, 0.1) is 5.41 Å². The number of carbonyl (C=O) groups excluding carboxylic acids is 1. The first-order chi connectivity index (χ1) is 8.84. The number of nitrogens with one attached hydrogen (secondary N) is 1. The number of hydrogen-bond acceptors (Lipinski definition) is 4. The van der Waals surface area contributed by atoms with Crippen LogP contribution in [0.5, 0.6) is 0 Å². The molecule has 0 aromatic carbocycles. The Kier molecular flexibility index (Phi) is 5.94. The topological polar surface area (TPSA) is 68.0 Å². The zero-order valence-electron chi connectivity index (χ0n) is 12.3. The van der Waals surface area contributed by atoms with E-state index >= 15 is 0 Å². The Morgan fingerprint density at radius 1 is 1.47 bits per heavy atom. The molecule has 0 atom stereocenters. The van der Waals surface area contributed by atoms with Crippen LogP contribution in [0.25, 0.3) is 0 Å². The normalized spacial score (nSPS) is 11.9. The highest BCUT2D eigenvalue weighted by molar-refractivity contribution is 7.13. The third-order valence-electron chi connectivity index (χ3n) is 3.21. The smallest absolute Gasteiger partial charge is 0.226 e. The molecule has 0 aliphatic heterocycles. The third kappa shape index (κ3) is 5.70. The van der Waals surface area contributed by atoms with Gasteiger partial charge in [0, 0.05) is 11.8 Å². The monoisotopic (exact) mass is 283 g/mol. The molecule has 1 aromatic rings. The van der Waals surface area contributed by atoms with Crippen molar-refractivity contribution in [1.29, 1.82) is 0 Å². The zero-order valence-corrected chi connectivity index (χ0v) is 13.1. The highest BCUT2D eigenvalue weighted by Gasteiger charge is 2.18. The quantitative estimate of drug-likeness (QED) is 0.806. The van der Waals surface area contributed by atoms with Crippen LogP contribution >= 0.6 is 11.3 Å². The summed E-state index contributed by atoms with van der Waals surface area (Å²) < 4.78 is 0. The molecule has 108 valence electrons. The largest absolute Gasteiger partial charge is 0.330 e. The Bertz CT molecular complexity index is 413. The maximum absolute atomic E-state index is 11.9. The fourth-order valence-corrected chi connectivity index (χ4v) is 2.65. The van der Waals surface area contributed by atoms with Crippen LogP contribution in [0.15, 0.2) is 5.38 Å². The van der Waals surface area contributed by atoms with Crippen molar-refractivity contribution in [1.82, 2.24) is 4.98 Å². The molecule has 0 radical (unpaired) electrons. The standard InChI is InChI=1S/C14H25N3OS/c1-10(2)11-9-19-13(16-11)17-12(18)5-6-14(3,4)7-8-15/h9-10H,5-8,15H2,1-4H3,(H,16,17,18). The minimum absolute atomic E-state index is 0.0368. The van der Waals surface area contributed by atoms with Gasteiger partial charge in [-0.2, -0.15) is 0 Å². The van der Waals surface area contributed by atoms with Crippen molar-refractivity contribution in [3.05, 3.63) is 11.1 Å². The molecule has 1 aromatic heterocycles. The van der Waals surface area contributed by atoms with Gasteiger partial charge in [-0.15, -0.1) is 11.3 Å². The summed E-state index contributed by atoms with van der Waals surface area (Å²) in [5.74, 6) is 0.431. The summed E-state index contributed by atoms with van der Waals surface area (Å²) in [5, 5.41) is 5.57. The van der Waals surface area contributed by atoms with Crippen LogP contribution in [-0.4, -0.2) is 17.4 Å². The van der Waals surface area contributed by atoms with Crippen molar-refractivity contribution in [2.24, 2.45) is 11.1 Å². The van der Waals surface area contributed by atoms with E-state index in [-0.39, 0.29) is 11.3 Å². The summed E-state index contributed by atoms with van der Waals surface area (Å²) in [6.45, 7) is 9.14. The average molecular weight is 283 g/mol. The van der Waals surface area contributed by atoms with E-state index < -0.39 is 0 Å². The molecule has 0 aliphatic rings. The van der Waals surface area contributed by atoms with Crippen molar-refractivity contribution in [2.45, 2.75) is 52.9 Å². The van der Waals surface area contributed by atoms with Crippen molar-refractivity contribution in [2.75, 3.05) is 11.9 Å². The highest BCUT2D eigenvalue weighted by Crippen LogP contribution is 2.26.